The van der Waals surface area contributed by atoms with Crippen LogP contribution in [-0.4, -0.2) is 21.6 Å². The highest BCUT2D eigenvalue weighted by molar-refractivity contribution is 7.22. The highest BCUT2D eigenvalue weighted by Gasteiger charge is 2.39. The second-order valence-electron chi connectivity index (χ2n) is 5.23. The van der Waals surface area contributed by atoms with E-state index in [0.717, 1.165) is 17.5 Å². The van der Waals surface area contributed by atoms with Crippen molar-refractivity contribution in [2.24, 2.45) is 0 Å². The van der Waals surface area contributed by atoms with E-state index in [1.807, 2.05) is 0 Å². The van der Waals surface area contributed by atoms with Crippen molar-refractivity contribution in [3.63, 3.8) is 0 Å². The van der Waals surface area contributed by atoms with Gasteiger partial charge in [-0.05, 0) is 44.7 Å². The van der Waals surface area contributed by atoms with Crippen LogP contribution in [0.3, 0.4) is 0 Å². The molecule has 1 saturated carbocycles. The SMILES string of the molecule is Cc1c(F)ccc2sc(NC(=O)C3(O)CCCC3)nc12. The minimum atomic E-state index is -1.28. The molecule has 0 radical (unpaired) electrons. The Bertz CT molecular complexity index is 677. The summed E-state index contributed by atoms with van der Waals surface area (Å²) in [5.41, 5.74) is -0.249. The molecular weight excluding hydrogens is 279 g/mol. The van der Waals surface area contributed by atoms with E-state index in [-0.39, 0.29) is 5.82 Å². The van der Waals surface area contributed by atoms with E-state index in [9.17, 15) is 14.3 Å². The Morgan fingerprint density at radius 3 is 2.85 bits per heavy atom. The Balaban J connectivity index is 1.88. The third-order valence-electron chi connectivity index (χ3n) is 3.82. The molecule has 1 aromatic carbocycles. The number of nitrogens with one attached hydrogen (secondary N) is 1. The smallest absolute Gasteiger partial charge is 0.258 e. The minimum absolute atomic E-state index is 0.310. The van der Waals surface area contributed by atoms with Gasteiger partial charge < -0.3 is 5.11 Å². The van der Waals surface area contributed by atoms with Crippen molar-refractivity contribution in [1.29, 1.82) is 0 Å². The van der Waals surface area contributed by atoms with Gasteiger partial charge in [0.2, 0.25) is 0 Å². The number of hydrogen-bond donors (Lipinski definition) is 2. The lowest BCUT2D eigenvalue weighted by molar-refractivity contribution is -0.133. The molecule has 0 atom stereocenters. The van der Waals surface area contributed by atoms with Gasteiger partial charge in [-0.3, -0.25) is 10.1 Å². The number of nitrogens with zero attached hydrogens (tertiary/aromatic N) is 1. The van der Waals surface area contributed by atoms with Crippen molar-refractivity contribution < 1.29 is 14.3 Å². The first-order chi connectivity index (χ1) is 9.49. The monoisotopic (exact) mass is 294 g/mol. The third kappa shape index (κ3) is 2.19. The molecule has 1 aliphatic rings. The molecule has 0 spiro atoms. The number of benzene rings is 1. The summed E-state index contributed by atoms with van der Waals surface area (Å²) in [5.74, 6) is -0.720. The number of carbonyl (C=O) groups excluding carboxylic acids is 1. The lowest BCUT2D eigenvalue weighted by Crippen LogP contribution is -2.40. The molecule has 0 unspecified atom stereocenters. The number of aromatic nitrogens is 1. The predicted octanol–water partition coefficient (Wildman–Crippen LogP) is 2.99. The zero-order valence-electron chi connectivity index (χ0n) is 11.1. The lowest BCUT2D eigenvalue weighted by atomic mass is 10.0. The van der Waals surface area contributed by atoms with Gasteiger partial charge in [-0.25, -0.2) is 9.37 Å². The third-order valence-corrected chi connectivity index (χ3v) is 4.76. The summed E-state index contributed by atoms with van der Waals surface area (Å²) in [6.07, 6.45) is 2.68. The van der Waals surface area contributed by atoms with Gasteiger partial charge in [0.05, 0.1) is 10.2 Å². The number of halogens is 1. The molecule has 3 rings (SSSR count). The normalized spacial score (nSPS) is 17.6. The number of anilines is 1. The maximum Gasteiger partial charge on any atom is 0.258 e. The molecule has 0 bridgehead atoms. The molecule has 2 N–H and O–H groups in total. The van der Waals surface area contributed by atoms with Gasteiger partial charge in [-0.15, -0.1) is 0 Å². The molecule has 0 saturated heterocycles. The highest BCUT2D eigenvalue weighted by atomic mass is 32.1. The minimum Gasteiger partial charge on any atom is -0.380 e. The molecule has 1 aliphatic carbocycles. The van der Waals surface area contributed by atoms with Crippen LogP contribution in [0.4, 0.5) is 9.52 Å². The zero-order chi connectivity index (χ0) is 14.3. The summed E-state index contributed by atoms with van der Waals surface area (Å²) in [7, 11) is 0. The van der Waals surface area contributed by atoms with E-state index >= 15 is 0 Å². The lowest BCUT2D eigenvalue weighted by Gasteiger charge is -2.19. The number of fused-ring (bicyclic) bond motifs is 1. The van der Waals surface area contributed by atoms with E-state index < -0.39 is 11.5 Å². The average Bonchev–Trinajstić information content (AvgIpc) is 3.02. The Kier molecular flexibility index (Phi) is 3.22. The number of aliphatic hydroxyl groups is 1. The van der Waals surface area contributed by atoms with E-state index in [1.54, 1.807) is 13.0 Å². The van der Waals surface area contributed by atoms with Crippen molar-refractivity contribution in [3.8, 4) is 0 Å². The van der Waals surface area contributed by atoms with Crippen LogP contribution in [0.2, 0.25) is 0 Å². The first-order valence-electron chi connectivity index (χ1n) is 6.59. The maximum atomic E-state index is 13.5. The van der Waals surface area contributed by atoms with Crippen molar-refractivity contribution in [1.82, 2.24) is 4.98 Å². The fraction of sp³-hybridized carbons (Fsp3) is 0.429. The Hall–Kier alpha value is -1.53. The van der Waals surface area contributed by atoms with Gasteiger partial charge in [0.25, 0.3) is 5.91 Å². The molecule has 4 nitrogen and oxygen atoms in total. The standard InChI is InChI=1S/C14H15FN2O2S/c1-8-9(15)4-5-10-11(8)16-13(20-10)17-12(18)14(19)6-2-3-7-14/h4-5,19H,2-3,6-7H2,1H3,(H,16,17,18). The van der Waals surface area contributed by atoms with Crippen LogP contribution in [0.1, 0.15) is 31.2 Å². The summed E-state index contributed by atoms with van der Waals surface area (Å²) in [4.78, 5) is 16.3. The second-order valence-corrected chi connectivity index (χ2v) is 6.26. The molecule has 1 amide bonds. The van der Waals surface area contributed by atoms with Gasteiger partial charge >= 0.3 is 0 Å². The Labute approximate surface area is 119 Å². The number of rotatable bonds is 2. The maximum absolute atomic E-state index is 13.5. The topological polar surface area (TPSA) is 62.2 Å². The second kappa shape index (κ2) is 4.79. The van der Waals surface area contributed by atoms with Gasteiger partial charge in [0, 0.05) is 5.56 Å². The van der Waals surface area contributed by atoms with E-state index in [2.05, 4.69) is 10.3 Å². The van der Waals surface area contributed by atoms with Gasteiger partial charge in [-0.1, -0.05) is 11.3 Å². The number of hydrogen-bond acceptors (Lipinski definition) is 4. The van der Waals surface area contributed by atoms with Crippen LogP contribution in [-0.2, 0) is 4.79 Å². The van der Waals surface area contributed by atoms with Crippen molar-refractivity contribution in [2.45, 2.75) is 38.2 Å². The zero-order valence-corrected chi connectivity index (χ0v) is 11.9. The summed E-state index contributed by atoms with van der Waals surface area (Å²) in [6, 6.07) is 3.04. The molecule has 106 valence electrons. The summed E-state index contributed by atoms with van der Waals surface area (Å²) in [6.45, 7) is 1.66. The van der Waals surface area contributed by atoms with Gasteiger partial charge in [0.1, 0.15) is 11.4 Å². The largest absolute Gasteiger partial charge is 0.380 e. The van der Waals surface area contributed by atoms with Crippen molar-refractivity contribution >= 4 is 32.6 Å². The van der Waals surface area contributed by atoms with Crippen LogP contribution < -0.4 is 5.32 Å². The molecule has 2 aromatic rings. The molecule has 0 aliphatic heterocycles. The fourth-order valence-corrected chi connectivity index (χ4v) is 3.47. The Morgan fingerprint density at radius 2 is 2.15 bits per heavy atom. The summed E-state index contributed by atoms with van der Waals surface area (Å²) in [5, 5.41) is 13.3. The van der Waals surface area contributed by atoms with Crippen LogP contribution >= 0.6 is 11.3 Å². The quantitative estimate of drug-likeness (QED) is 0.895. The molecule has 1 fully saturated rings. The number of amides is 1. The van der Waals surface area contributed by atoms with Crippen LogP contribution in [0.25, 0.3) is 10.2 Å². The van der Waals surface area contributed by atoms with Crippen LogP contribution in [0, 0.1) is 12.7 Å². The van der Waals surface area contributed by atoms with Gasteiger partial charge in [0.15, 0.2) is 5.13 Å². The molecule has 6 heteroatoms. The first-order valence-corrected chi connectivity index (χ1v) is 7.41. The van der Waals surface area contributed by atoms with Crippen molar-refractivity contribution in [3.05, 3.63) is 23.5 Å². The number of carbonyl (C=O) groups is 1. The first kappa shape index (κ1) is 13.5. The summed E-state index contributed by atoms with van der Waals surface area (Å²) >= 11 is 1.29. The van der Waals surface area contributed by atoms with Gasteiger partial charge in [-0.2, -0.15) is 0 Å². The molecule has 20 heavy (non-hydrogen) atoms. The number of thiazole rings is 1. The van der Waals surface area contributed by atoms with Crippen LogP contribution in [0.5, 0.6) is 0 Å². The molecule has 1 heterocycles. The van der Waals surface area contributed by atoms with Crippen LogP contribution in [0.15, 0.2) is 12.1 Å². The predicted molar refractivity (Wildman–Crippen MR) is 76.4 cm³/mol. The average molecular weight is 294 g/mol. The highest BCUT2D eigenvalue weighted by Crippen LogP contribution is 2.33. The van der Waals surface area contributed by atoms with Crippen molar-refractivity contribution in [2.75, 3.05) is 5.32 Å². The van der Waals surface area contributed by atoms with E-state index in [0.29, 0.717) is 29.1 Å². The Morgan fingerprint density at radius 1 is 1.45 bits per heavy atom. The van der Waals surface area contributed by atoms with E-state index in [4.69, 9.17) is 0 Å². The number of aryl methyl sites for hydroxylation is 1. The van der Waals surface area contributed by atoms with E-state index in [1.165, 1.54) is 17.4 Å². The summed E-state index contributed by atoms with van der Waals surface area (Å²) < 4.78 is 14.3. The molecular formula is C14H15FN2O2S. The fourth-order valence-electron chi connectivity index (χ4n) is 2.55. The molecule has 1 aromatic heterocycles.